The number of nitrogens with one attached hydrogen (secondary N) is 1. The Morgan fingerprint density at radius 3 is 2.44 bits per heavy atom. The lowest BCUT2D eigenvalue weighted by Gasteiger charge is -2.38. The maximum absolute atomic E-state index is 15.3. The smallest absolute Gasteiger partial charge is 0.277 e. The Morgan fingerprint density at radius 2 is 1.85 bits per heavy atom. The first kappa shape index (κ1) is 28.7. The van der Waals surface area contributed by atoms with E-state index in [9.17, 15) is 14.4 Å². The molecule has 0 aliphatic carbocycles. The molecule has 3 heterocycles. The van der Waals surface area contributed by atoms with Crippen molar-refractivity contribution in [2.45, 2.75) is 26.3 Å². The Morgan fingerprint density at radius 1 is 1.20 bits per heavy atom. The number of hydrogen-bond donors (Lipinski definition) is 1. The van der Waals surface area contributed by atoms with Gasteiger partial charge in [0.2, 0.25) is 5.91 Å². The van der Waals surface area contributed by atoms with Crippen LogP contribution < -0.4 is 20.5 Å². The standard InChI is InChI=1S/C29H29ClF2N4O5/c1-16-25(28(39)35(15-34-16)12-29(2)13-41-14-29)36-11-21(24-22(31)8-19(40-3)9-23(24)32)20(27(36)38)10-33-26(37)17-4-6-18(30)7-5-17/h4-9,15,20-21H,10-14H2,1-3H3,(H,33,37)/t20?,21-/m1/s1. The first-order chi connectivity index (χ1) is 19.5. The first-order valence-electron chi connectivity index (χ1n) is 13.0. The van der Waals surface area contributed by atoms with Crippen LogP contribution in [-0.2, 0) is 16.1 Å². The van der Waals surface area contributed by atoms with E-state index in [0.29, 0.717) is 36.0 Å². The van der Waals surface area contributed by atoms with E-state index >= 15 is 8.78 Å². The number of halogens is 3. The summed E-state index contributed by atoms with van der Waals surface area (Å²) in [7, 11) is 1.29. The second kappa shape index (κ2) is 11.2. The summed E-state index contributed by atoms with van der Waals surface area (Å²) in [6, 6.07) is 8.23. The highest BCUT2D eigenvalue weighted by Crippen LogP contribution is 2.39. The summed E-state index contributed by atoms with van der Waals surface area (Å²) < 4.78 is 42.3. The van der Waals surface area contributed by atoms with Crippen LogP contribution in [0.4, 0.5) is 14.5 Å². The number of benzene rings is 2. The number of aromatic nitrogens is 2. The van der Waals surface area contributed by atoms with Crippen molar-refractivity contribution in [2.24, 2.45) is 11.3 Å². The number of rotatable bonds is 8. The Balaban J connectivity index is 1.51. The van der Waals surface area contributed by atoms with Gasteiger partial charge in [0.1, 0.15) is 23.1 Å². The van der Waals surface area contributed by atoms with Gasteiger partial charge >= 0.3 is 0 Å². The van der Waals surface area contributed by atoms with Crippen molar-refractivity contribution in [1.82, 2.24) is 14.9 Å². The topological polar surface area (TPSA) is 103 Å². The van der Waals surface area contributed by atoms with Crippen molar-refractivity contribution >= 4 is 29.1 Å². The fraction of sp³-hybridized carbons (Fsp3) is 0.379. The van der Waals surface area contributed by atoms with Gasteiger partial charge in [-0.05, 0) is 31.2 Å². The summed E-state index contributed by atoms with van der Waals surface area (Å²) in [5, 5.41) is 3.15. The normalized spacial score (nSPS) is 19.7. The SMILES string of the molecule is COc1cc(F)c([C@@H]2CN(c3c(C)ncn(CC4(C)COC4)c3=O)C(=O)C2CNC(=O)c2ccc(Cl)cc2)c(F)c1. The van der Waals surface area contributed by atoms with Crippen LogP contribution in [0.25, 0.3) is 0 Å². The highest BCUT2D eigenvalue weighted by Gasteiger charge is 2.46. The highest BCUT2D eigenvalue weighted by molar-refractivity contribution is 6.30. The van der Waals surface area contributed by atoms with Gasteiger partial charge in [-0.25, -0.2) is 13.8 Å². The Hall–Kier alpha value is -3.83. The van der Waals surface area contributed by atoms with E-state index in [1.165, 1.54) is 35.0 Å². The van der Waals surface area contributed by atoms with Crippen molar-refractivity contribution in [3.8, 4) is 5.75 Å². The predicted octanol–water partition coefficient (Wildman–Crippen LogP) is 3.71. The van der Waals surface area contributed by atoms with Crippen molar-refractivity contribution in [2.75, 3.05) is 38.3 Å². The first-order valence-corrected chi connectivity index (χ1v) is 13.4. The van der Waals surface area contributed by atoms with E-state index in [2.05, 4.69) is 10.3 Å². The van der Waals surface area contributed by atoms with E-state index < -0.39 is 40.8 Å². The lowest BCUT2D eigenvalue weighted by atomic mass is 9.87. The molecule has 2 fully saturated rings. The summed E-state index contributed by atoms with van der Waals surface area (Å²) in [6.07, 6.45) is 1.43. The molecular weight excluding hydrogens is 558 g/mol. The van der Waals surface area contributed by atoms with Gasteiger partial charge in [0.05, 0.1) is 38.3 Å². The van der Waals surface area contributed by atoms with Crippen LogP contribution in [0.2, 0.25) is 5.02 Å². The van der Waals surface area contributed by atoms with Crippen LogP contribution in [-0.4, -0.2) is 54.8 Å². The molecule has 216 valence electrons. The average Bonchev–Trinajstić information content (AvgIpc) is 3.23. The minimum absolute atomic E-state index is 0.0167. The second-order valence-corrected chi connectivity index (χ2v) is 11.2. The maximum atomic E-state index is 15.3. The molecule has 0 saturated carbocycles. The molecule has 2 amide bonds. The summed E-state index contributed by atoms with van der Waals surface area (Å²) in [5.41, 5.74) is -0.386. The zero-order chi connectivity index (χ0) is 29.5. The van der Waals surface area contributed by atoms with Gasteiger partial charge in [0.15, 0.2) is 0 Å². The van der Waals surface area contributed by atoms with Gasteiger partial charge in [0, 0.05) is 59.2 Å². The molecular formula is C29H29ClF2N4O5. The molecule has 2 saturated heterocycles. The number of amides is 2. The van der Waals surface area contributed by atoms with Crippen molar-refractivity contribution in [3.63, 3.8) is 0 Å². The molecule has 1 aromatic heterocycles. The Bertz CT molecular complexity index is 1530. The lowest BCUT2D eigenvalue weighted by molar-refractivity contribution is -0.120. The number of carbonyl (C=O) groups excluding carboxylic acids is 2. The van der Waals surface area contributed by atoms with Crippen LogP contribution in [0, 0.1) is 29.9 Å². The van der Waals surface area contributed by atoms with Gasteiger partial charge in [-0.2, -0.15) is 0 Å². The molecule has 0 bridgehead atoms. The van der Waals surface area contributed by atoms with E-state index in [0.717, 1.165) is 12.1 Å². The quantitative estimate of drug-likeness (QED) is 0.432. The fourth-order valence-corrected chi connectivity index (χ4v) is 5.51. The van der Waals surface area contributed by atoms with E-state index in [1.807, 2.05) is 6.92 Å². The van der Waals surface area contributed by atoms with E-state index in [-0.39, 0.29) is 35.5 Å². The molecule has 0 radical (unpaired) electrons. The van der Waals surface area contributed by atoms with Crippen LogP contribution in [0.5, 0.6) is 5.75 Å². The number of hydrogen-bond acceptors (Lipinski definition) is 6. The molecule has 2 atom stereocenters. The molecule has 9 nitrogen and oxygen atoms in total. The van der Waals surface area contributed by atoms with Gasteiger partial charge in [-0.15, -0.1) is 0 Å². The van der Waals surface area contributed by atoms with Gasteiger partial charge in [0.25, 0.3) is 11.5 Å². The third-order valence-electron chi connectivity index (χ3n) is 7.62. The lowest BCUT2D eigenvalue weighted by Crippen LogP contribution is -2.46. The summed E-state index contributed by atoms with van der Waals surface area (Å²) in [5.74, 6) is -4.95. The molecule has 2 aliphatic rings. The molecule has 2 aliphatic heterocycles. The molecule has 2 aromatic carbocycles. The number of methoxy groups -OCH3 is 1. The molecule has 1 unspecified atom stereocenters. The van der Waals surface area contributed by atoms with E-state index in [1.54, 1.807) is 19.1 Å². The van der Waals surface area contributed by atoms with Gasteiger partial charge in [-0.1, -0.05) is 18.5 Å². The highest BCUT2D eigenvalue weighted by atomic mass is 35.5. The number of ether oxygens (including phenoxy) is 2. The monoisotopic (exact) mass is 586 g/mol. The number of anilines is 1. The minimum Gasteiger partial charge on any atom is -0.497 e. The molecule has 1 N–H and O–H groups in total. The summed E-state index contributed by atoms with van der Waals surface area (Å²) in [4.78, 5) is 45.9. The predicted molar refractivity (Wildman–Crippen MR) is 147 cm³/mol. The number of carbonyl (C=O) groups is 2. The number of nitrogens with zero attached hydrogens (tertiary/aromatic N) is 3. The Kier molecular flexibility index (Phi) is 7.85. The molecule has 12 heteroatoms. The van der Waals surface area contributed by atoms with Gasteiger partial charge in [-0.3, -0.25) is 19.0 Å². The molecule has 0 spiro atoms. The molecule has 41 heavy (non-hydrogen) atoms. The van der Waals surface area contributed by atoms with Crippen molar-refractivity contribution in [3.05, 3.63) is 86.6 Å². The zero-order valence-electron chi connectivity index (χ0n) is 22.7. The maximum Gasteiger partial charge on any atom is 0.277 e. The summed E-state index contributed by atoms with van der Waals surface area (Å²) in [6.45, 7) is 4.46. The third kappa shape index (κ3) is 5.56. The minimum atomic E-state index is -1.08. The second-order valence-electron chi connectivity index (χ2n) is 10.8. The fourth-order valence-electron chi connectivity index (χ4n) is 5.39. The average molecular weight is 587 g/mol. The zero-order valence-corrected chi connectivity index (χ0v) is 23.5. The number of aryl methyl sites for hydroxylation is 1. The van der Waals surface area contributed by atoms with Crippen LogP contribution in [0.15, 0.2) is 47.5 Å². The largest absolute Gasteiger partial charge is 0.497 e. The Labute approximate surface area is 240 Å². The van der Waals surface area contributed by atoms with Crippen LogP contribution in [0.3, 0.4) is 0 Å². The molecule has 5 rings (SSSR count). The van der Waals surface area contributed by atoms with Gasteiger partial charge < -0.3 is 19.7 Å². The molecule has 3 aromatic rings. The van der Waals surface area contributed by atoms with E-state index in [4.69, 9.17) is 21.1 Å². The van der Waals surface area contributed by atoms with Crippen LogP contribution >= 0.6 is 11.6 Å². The third-order valence-corrected chi connectivity index (χ3v) is 7.87. The summed E-state index contributed by atoms with van der Waals surface area (Å²) >= 11 is 5.91. The van der Waals surface area contributed by atoms with Crippen molar-refractivity contribution < 1.29 is 27.8 Å². The van der Waals surface area contributed by atoms with Crippen LogP contribution in [0.1, 0.15) is 34.5 Å². The van der Waals surface area contributed by atoms with Crippen molar-refractivity contribution in [1.29, 1.82) is 0 Å².